The molecular weight excluding hydrogens is 308 g/mol. The summed E-state index contributed by atoms with van der Waals surface area (Å²) >= 11 is 0. The monoisotopic (exact) mass is 332 g/mol. The second-order valence-electron chi connectivity index (χ2n) is 6.04. The highest BCUT2D eigenvalue weighted by Crippen LogP contribution is 2.06. The van der Waals surface area contributed by atoms with E-state index in [0.29, 0.717) is 18.3 Å². The maximum absolute atomic E-state index is 12.0. The number of carbonyl (C=O) groups is 1. The topological polar surface area (TPSA) is 89.1 Å². The average Bonchev–Trinajstić information content (AvgIpc) is 3.19. The standard InChI is InChI=1S/C16H24N6O2/c1-12(2)11-21(13(3)4)9-6-8-17-16(23)15-18-20-22(19-15)14-7-5-10-24-14/h5,7,10,12H,3,6,8-9,11H2,1-2,4H3,(H,17,23). The Morgan fingerprint density at radius 2 is 2.29 bits per heavy atom. The van der Waals surface area contributed by atoms with Gasteiger partial charge in [-0.1, -0.05) is 25.2 Å². The number of furan rings is 1. The van der Waals surface area contributed by atoms with Crippen molar-refractivity contribution in [2.24, 2.45) is 5.92 Å². The molecule has 8 nitrogen and oxygen atoms in total. The summed E-state index contributed by atoms with van der Waals surface area (Å²) in [4.78, 5) is 15.4. The molecular formula is C16H24N6O2. The van der Waals surface area contributed by atoms with Crippen molar-refractivity contribution in [3.63, 3.8) is 0 Å². The number of carbonyl (C=O) groups excluding carboxylic acids is 1. The van der Waals surface area contributed by atoms with Gasteiger partial charge < -0.3 is 14.6 Å². The number of hydrogen-bond acceptors (Lipinski definition) is 6. The molecule has 0 bridgehead atoms. The lowest BCUT2D eigenvalue weighted by atomic mass is 10.2. The third kappa shape index (κ3) is 4.94. The molecule has 8 heteroatoms. The highest BCUT2D eigenvalue weighted by Gasteiger charge is 2.14. The number of aromatic nitrogens is 4. The first-order valence-electron chi connectivity index (χ1n) is 8.00. The number of hydrogen-bond donors (Lipinski definition) is 1. The summed E-state index contributed by atoms with van der Waals surface area (Å²) in [5.74, 6) is 0.647. The first-order valence-corrected chi connectivity index (χ1v) is 8.00. The zero-order valence-electron chi connectivity index (χ0n) is 14.4. The van der Waals surface area contributed by atoms with Gasteiger partial charge in [0.1, 0.15) is 0 Å². The van der Waals surface area contributed by atoms with Gasteiger partial charge in [-0.05, 0) is 30.5 Å². The van der Waals surface area contributed by atoms with Crippen LogP contribution in [0.2, 0.25) is 0 Å². The number of amides is 1. The number of rotatable bonds is 9. The van der Waals surface area contributed by atoms with Crippen LogP contribution in [-0.4, -0.2) is 50.6 Å². The van der Waals surface area contributed by atoms with E-state index in [1.54, 1.807) is 12.1 Å². The van der Waals surface area contributed by atoms with Crippen LogP contribution < -0.4 is 5.32 Å². The Kier molecular flexibility index (Phi) is 6.11. The van der Waals surface area contributed by atoms with Gasteiger partial charge in [0, 0.05) is 31.4 Å². The minimum Gasteiger partial charge on any atom is -0.445 e. The third-order valence-electron chi connectivity index (χ3n) is 3.34. The van der Waals surface area contributed by atoms with Gasteiger partial charge in [0.15, 0.2) is 0 Å². The zero-order chi connectivity index (χ0) is 17.5. The molecule has 0 aliphatic heterocycles. The van der Waals surface area contributed by atoms with Crippen molar-refractivity contribution >= 4 is 5.91 Å². The maximum Gasteiger partial charge on any atom is 0.292 e. The maximum atomic E-state index is 12.0. The molecule has 0 aliphatic carbocycles. The van der Waals surface area contributed by atoms with Crippen molar-refractivity contribution in [3.05, 3.63) is 36.5 Å². The van der Waals surface area contributed by atoms with E-state index in [1.165, 1.54) is 11.1 Å². The Morgan fingerprint density at radius 1 is 1.50 bits per heavy atom. The smallest absolute Gasteiger partial charge is 0.292 e. The molecule has 2 aromatic heterocycles. The van der Waals surface area contributed by atoms with Crippen LogP contribution in [0.4, 0.5) is 0 Å². The minimum atomic E-state index is -0.349. The van der Waals surface area contributed by atoms with Crippen LogP contribution in [0.25, 0.3) is 5.88 Å². The van der Waals surface area contributed by atoms with E-state index in [1.807, 2.05) is 6.92 Å². The number of nitrogens with one attached hydrogen (secondary N) is 1. The first-order chi connectivity index (χ1) is 11.5. The molecule has 0 atom stereocenters. The Morgan fingerprint density at radius 3 is 2.92 bits per heavy atom. The molecule has 0 unspecified atom stereocenters. The summed E-state index contributed by atoms with van der Waals surface area (Å²) in [6.45, 7) is 12.7. The van der Waals surface area contributed by atoms with Crippen molar-refractivity contribution in [2.45, 2.75) is 27.2 Å². The lowest BCUT2D eigenvalue weighted by Gasteiger charge is -2.26. The van der Waals surface area contributed by atoms with Gasteiger partial charge in [0.2, 0.25) is 5.88 Å². The lowest BCUT2D eigenvalue weighted by Crippen LogP contribution is -2.31. The van der Waals surface area contributed by atoms with Crippen LogP contribution >= 0.6 is 0 Å². The molecule has 0 spiro atoms. The predicted molar refractivity (Wildman–Crippen MR) is 89.6 cm³/mol. The summed E-state index contributed by atoms with van der Waals surface area (Å²) < 4.78 is 5.14. The van der Waals surface area contributed by atoms with Gasteiger partial charge in [-0.2, -0.15) is 0 Å². The molecule has 2 rings (SSSR count). The minimum absolute atomic E-state index is 0.0188. The van der Waals surface area contributed by atoms with Crippen LogP contribution in [0.3, 0.4) is 0 Å². The summed E-state index contributed by atoms with van der Waals surface area (Å²) in [5, 5.41) is 14.3. The first kappa shape index (κ1) is 17.7. The molecule has 0 saturated carbocycles. The summed E-state index contributed by atoms with van der Waals surface area (Å²) in [7, 11) is 0. The van der Waals surface area contributed by atoms with Gasteiger partial charge in [-0.3, -0.25) is 4.79 Å². The Labute approximate surface area is 141 Å². The van der Waals surface area contributed by atoms with E-state index in [2.05, 4.69) is 46.1 Å². The summed E-state index contributed by atoms with van der Waals surface area (Å²) in [5.41, 5.74) is 1.04. The van der Waals surface area contributed by atoms with Crippen molar-refractivity contribution in [2.75, 3.05) is 19.6 Å². The van der Waals surface area contributed by atoms with Crippen molar-refractivity contribution in [1.29, 1.82) is 0 Å². The normalized spacial score (nSPS) is 10.8. The fraction of sp³-hybridized carbons (Fsp3) is 0.500. The fourth-order valence-corrected chi connectivity index (χ4v) is 2.21. The van der Waals surface area contributed by atoms with Gasteiger partial charge >= 0.3 is 0 Å². The molecule has 1 N–H and O–H groups in total. The van der Waals surface area contributed by atoms with Gasteiger partial charge in [-0.15, -0.1) is 10.2 Å². The number of allylic oxidation sites excluding steroid dienone is 1. The van der Waals surface area contributed by atoms with Gasteiger partial charge in [-0.25, -0.2) is 0 Å². The predicted octanol–water partition coefficient (Wildman–Crippen LogP) is 1.87. The Bertz CT molecular complexity index is 662. The molecule has 0 aliphatic rings. The third-order valence-corrected chi connectivity index (χ3v) is 3.34. The Balaban J connectivity index is 1.78. The van der Waals surface area contributed by atoms with E-state index < -0.39 is 0 Å². The number of tetrazole rings is 1. The fourth-order valence-electron chi connectivity index (χ4n) is 2.21. The largest absolute Gasteiger partial charge is 0.445 e. The summed E-state index contributed by atoms with van der Waals surface area (Å²) in [6, 6.07) is 3.40. The second kappa shape index (κ2) is 8.28. The van der Waals surface area contributed by atoms with Crippen LogP contribution in [-0.2, 0) is 0 Å². The SMILES string of the molecule is C=C(C)N(CCCNC(=O)c1nnn(-c2ccco2)n1)CC(C)C. The molecule has 0 aromatic carbocycles. The van der Waals surface area contributed by atoms with E-state index in [-0.39, 0.29) is 11.7 Å². The molecule has 130 valence electrons. The van der Waals surface area contributed by atoms with Crippen LogP contribution in [0, 0.1) is 5.92 Å². The molecule has 2 aromatic rings. The molecule has 0 radical (unpaired) electrons. The van der Waals surface area contributed by atoms with Crippen molar-refractivity contribution in [3.8, 4) is 5.88 Å². The molecule has 1 amide bonds. The summed E-state index contributed by atoms with van der Waals surface area (Å²) in [6.07, 6.45) is 2.32. The molecule has 0 saturated heterocycles. The quantitative estimate of drug-likeness (QED) is 0.705. The molecule has 0 fully saturated rings. The Hall–Kier alpha value is -2.64. The van der Waals surface area contributed by atoms with Crippen LogP contribution in [0.5, 0.6) is 0 Å². The van der Waals surface area contributed by atoms with E-state index >= 15 is 0 Å². The van der Waals surface area contributed by atoms with E-state index in [0.717, 1.165) is 25.2 Å². The number of nitrogens with zero attached hydrogens (tertiary/aromatic N) is 5. The highest BCUT2D eigenvalue weighted by molar-refractivity contribution is 5.90. The van der Waals surface area contributed by atoms with Gasteiger partial charge in [0.05, 0.1) is 6.26 Å². The molecule has 2 heterocycles. The second-order valence-corrected chi connectivity index (χ2v) is 6.04. The van der Waals surface area contributed by atoms with E-state index in [4.69, 9.17) is 4.42 Å². The van der Waals surface area contributed by atoms with Crippen LogP contribution in [0.15, 0.2) is 35.1 Å². The van der Waals surface area contributed by atoms with Gasteiger partial charge in [0.25, 0.3) is 11.7 Å². The average molecular weight is 332 g/mol. The van der Waals surface area contributed by atoms with Crippen LogP contribution in [0.1, 0.15) is 37.8 Å². The molecule has 24 heavy (non-hydrogen) atoms. The lowest BCUT2D eigenvalue weighted by molar-refractivity contribution is 0.0941. The van der Waals surface area contributed by atoms with Crippen molar-refractivity contribution < 1.29 is 9.21 Å². The van der Waals surface area contributed by atoms with E-state index in [9.17, 15) is 4.79 Å². The zero-order valence-corrected chi connectivity index (χ0v) is 14.4. The van der Waals surface area contributed by atoms with Crippen molar-refractivity contribution in [1.82, 2.24) is 30.4 Å². The highest BCUT2D eigenvalue weighted by atomic mass is 16.3.